The van der Waals surface area contributed by atoms with Crippen LogP contribution in [0.5, 0.6) is 0 Å². The van der Waals surface area contributed by atoms with Crippen LogP contribution in [0.15, 0.2) is 11.6 Å². The summed E-state index contributed by atoms with van der Waals surface area (Å²) in [5, 5.41) is 21.6. The van der Waals surface area contributed by atoms with Crippen LogP contribution in [0.1, 0.15) is 106 Å². The van der Waals surface area contributed by atoms with E-state index in [2.05, 4.69) is 54.5 Å². The fourth-order valence-corrected chi connectivity index (χ4v) is 11.4. The molecule has 4 saturated carbocycles. The van der Waals surface area contributed by atoms with Crippen LogP contribution in [0.4, 0.5) is 0 Å². The van der Waals surface area contributed by atoms with Crippen molar-refractivity contribution in [3.05, 3.63) is 11.6 Å². The average Bonchev–Trinajstić information content (AvgIpc) is 2.73. The van der Waals surface area contributed by atoms with Crippen LogP contribution in [-0.2, 0) is 0 Å². The fraction of sp³-hybridized carbons (Fsp3) is 0.933. The summed E-state index contributed by atoms with van der Waals surface area (Å²) >= 11 is 0. The molecule has 0 bridgehead atoms. The molecule has 0 spiro atoms. The highest BCUT2D eigenvalue weighted by Gasteiger charge is 2.67. The van der Waals surface area contributed by atoms with Crippen LogP contribution in [0, 0.1) is 56.7 Å². The minimum atomic E-state index is -0.151. The van der Waals surface area contributed by atoms with Crippen molar-refractivity contribution in [3.63, 3.8) is 0 Å². The van der Waals surface area contributed by atoms with Crippen LogP contribution in [0.2, 0.25) is 0 Å². The van der Waals surface area contributed by atoms with Gasteiger partial charge >= 0.3 is 0 Å². The van der Waals surface area contributed by atoms with Gasteiger partial charge in [0, 0.05) is 12.0 Å². The first kappa shape index (κ1) is 23.4. The Kier molecular flexibility index (Phi) is 5.19. The molecule has 0 unspecified atom stereocenters. The number of allylic oxidation sites excluding steroid dienone is 2. The predicted molar refractivity (Wildman–Crippen MR) is 132 cm³/mol. The van der Waals surface area contributed by atoms with Gasteiger partial charge in [-0.05, 0) is 109 Å². The predicted octanol–water partition coefficient (Wildman–Crippen LogP) is 7.00. The molecule has 0 radical (unpaired) electrons. The summed E-state index contributed by atoms with van der Waals surface area (Å²) in [7, 11) is 0. The Morgan fingerprint density at radius 3 is 2.19 bits per heavy atom. The average molecular weight is 443 g/mol. The third-order valence-electron chi connectivity index (χ3n) is 13.1. The highest BCUT2D eigenvalue weighted by atomic mass is 16.3. The van der Waals surface area contributed by atoms with E-state index in [1.54, 1.807) is 5.57 Å². The molecule has 0 aliphatic heterocycles. The summed E-state index contributed by atoms with van der Waals surface area (Å²) in [6, 6.07) is 0. The second-order valence-corrected chi connectivity index (χ2v) is 14.6. The maximum absolute atomic E-state index is 10.9. The van der Waals surface area contributed by atoms with Crippen molar-refractivity contribution >= 4 is 0 Å². The molecule has 2 N–H and O–H groups in total. The highest BCUT2D eigenvalue weighted by Crippen LogP contribution is 2.74. The van der Waals surface area contributed by atoms with Crippen molar-refractivity contribution in [3.8, 4) is 0 Å². The highest BCUT2D eigenvalue weighted by molar-refractivity contribution is 5.35. The molecule has 5 rings (SSSR count). The summed E-state index contributed by atoms with van der Waals surface area (Å²) in [6.07, 6.45) is 13.4. The summed E-state index contributed by atoms with van der Waals surface area (Å²) in [4.78, 5) is 0. The Balaban J connectivity index is 1.58. The van der Waals surface area contributed by atoms with Crippen molar-refractivity contribution in [2.75, 3.05) is 6.61 Å². The number of hydrogen-bond donors (Lipinski definition) is 2. The molecule has 2 nitrogen and oxygen atoms in total. The first-order valence-corrected chi connectivity index (χ1v) is 13.9. The van der Waals surface area contributed by atoms with Crippen molar-refractivity contribution in [2.45, 2.75) is 112 Å². The van der Waals surface area contributed by atoms with Crippen molar-refractivity contribution < 1.29 is 10.2 Å². The molecule has 0 aromatic carbocycles. The second-order valence-electron chi connectivity index (χ2n) is 14.6. The van der Waals surface area contributed by atoms with Gasteiger partial charge in [-0.25, -0.2) is 0 Å². The number of aliphatic hydroxyl groups is 2. The largest absolute Gasteiger partial charge is 0.396 e. The lowest BCUT2D eigenvalue weighted by atomic mass is 9.34. The van der Waals surface area contributed by atoms with E-state index in [0.29, 0.717) is 29.8 Å². The Bertz CT molecular complexity index is 799. The van der Waals surface area contributed by atoms with Gasteiger partial charge in [-0.2, -0.15) is 0 Å². The first-order chi connectivity index (χ1) is 14.9. The van der Waals surface area contributed by atoms with Crippen LogP contribution in [0.25, 0.3) is 0 Å². The fourth-order valence-electron chi connectivity index (χ4n) is 11.4. The van der Waals surface area contributed by atoms with Gasteiger partial charge in [0.2, 0.25) is 0 Å². The standard InChI is InChI=1S/C30H50O2/c1-19-8-16-30(18-31)17-11-23-28(6)13-9-21-26(3,4)24(32)12-15-27(21,5)22(28)10-14-29(23,7)25(30)20(19)2/h11,19-22,24-25,31-32H,8-10,12-18H2,1-7H3/t19-,20+,21-,22-,24-,25+,27+,28-,29-,30-/m1/s1. The smallest absolute Gasteiger partial charge is 0.0594 e. The van der Waals surface area contributed by atoms with E-state index < -0.39 is 0 Å². The van der Waals surface area contributed by atoms with Crippen LogP contribution >= 0.6 is 0 Å². The molecule has 32 heavy (non-hydrogen) atoms. The van der Waals surface area contributed by atoms with E-state index in [4.69, 9.17) is 0 Å². The zero-order valence-corrected chi connectivity index (χ0v) is 22.0. The molecule has 0 aromatic heterocycles. The Morgan fingerprint density at radius 1 is 0.844 bits per heavy atom. The van der Waals surface area contributed by atoms with Gasteiger partial charge in [-0.3, -0.25) is 0 Å². The van der Waals surface area contributed by atoms with E-state index in [1.807, 2.05) is 0 Å². The maximum Gasteiger partial charge on any atom is 0.0594 e. The molecule has 0 heterocycles. The third kappa shape index (κ3) is 2.72. The number of aliphatic hydroxyl groups excluding tert-OH is 2. The van der Waals surface area contributed by atoms with Crippen LogP contribution < -0.4 is 0 Å². The lowest BCUT2D eigenvalue weighted by molar-refractivity contribution is -0.188. The zero-order valence-electron chi connectivity index (χ0n) is 22.0. The van der Waals surface area contributed by atoms with E-state index in [-0.39, 0.29) is 27.8 Å². The van der Waals surface area contributed by atoms with Gasteiger partial charge in [0.1, 0.15) is 0 Å². The lowest BCUT2D eigenvalue weighted by Gasteiger charge is -2.70. The quantitative estimate of drug-likeness (QED) is 0.429. The molecule has 182 valence electrons. The van der Waals surface area contributed by atoms with Crippen molar-refractivity contribution in [1.82, 2.24) is 0 Å². The molecule has 10 atom stereocenters. The van der Waals surface area contributed by atoms with E-state index in [1.165, 1.54) is 44.9 Å². The van der Waals surface area contributed by atoms with Gasteiger partial charge in [-0.1, -0.05) is 60.1 Å². The summed E-state index contributed by atoms with van der Waals surface area (Å²) in [5.41, 5.74) is 2.74. The molecule has 0 aromatic rings. The molecular weight excluding hydrogens is 392 g/mol. The molecule has 5 aliphatic rings. The molecule has 5 aliphatic carbocycles. The Morgan fingerprint density at radius 2 is 1.50 bits per heavy atom. The molecule has 2 heteroatoms. The third-order valence-corrected chi connectivity index (χ3v) is 13.1. The number of fused-ring (bicyclic) bond motifs is 7. The summed E-state index contributed by atoms with van der Waals surface area (Å²) in [5.74, 6) is 3.39. The maximum atomic E-state index is 10.9. The van der Waals surface area contributed by atoms with Crippen LogP contribution in [-0.4, -0.2) is 22.9 Å². The minimum Gasteiger partial charge on any atom is -0.396 e. The molecule has 0 amide bonds. The van der Waals surface area contributed by atoms with Crippen LogP contribution in [0.3, 0.4) is 0 Å². The minimum absolute atomic E-state index is 0.0232. The summed E-state index contributed by atoms with van der Waals surface area (Å²) < 4.78 is 0. The van der Waals surface area contributed by atoms with Gasteiger partial charge in [0.05, 0.1) is 6.10 Å². The Labute approximate surface area is 197 Å². The summed E-state index contributed by atoms with van der Waals surface area (Å²) in [6.45, 7) is 17.8. The molecule has 0 saturated heterocycles. The number of hydrogen-bond acceptors (Lipinski definition) is 2. The van der Waals surface area contributed by atoms with E-state index in [9.17, 15) is 10.2 Å². The van der Waals surface area contributed by atoms with Gasteiger partial charge in [0.15, 0.2) is 0 Å². The first-order valence-electron chi connectivity index (χ1n) is 13.9. The van der Waals surface area contributed by atoms with Crippen molar-refractivity contribution in [2.24, 2.45) is 56.7 Å². The topological polar surface area (TPSA) is 40.5 Å². The lowest BCUT2D eigenvalue weighted by Crippen LogP contribution is -2.64. The van der Waals surface area contributed by atoms with E-state index in [0.717, 1.165) is 24.7 Å². The van der Waals surface area contributed by atoms with Gasteiger partial charge in [0.25, 0.3) is 0 Å². The molecule has 4 fully saturated rings. The Hall–Kier alpha value is -0.340. The number of rotatable bonds is 1. The van der Waals surface area contributed by atoms with Crippen molar-refractivity contribution in [1.29, 1.82) is 0 Å². The SMILES string of the molecule is C[C@H]1[C@H](C)CC[C@]2(CO)CC=C3[C@]4(C)CC[C@@H]5C(C)(C)[C@H](O)CC[C@]5(C)[C@H]4CC[C@@]3(C)[C@H]12. The zero-order chi connectivity index (χ0) is 23.3. The molecular formula is C30H50O2. The van der Waals surface area contributed by atoms with E-state index >= 15 is 0 Å². The van der Waals surface area contributed by atoms with Gasteiger partial charge < -0.3 is 10.2 Å². The monoisotopic (exact) mass is 442 g/mol. The normalized spacial score (nSPS) is 56.8. The second kappa shape index (κ2) is 7.09. The van der Waals surface area contributed by atoms with Gasteiger partial charge in [-0.15, -0.1) is 0 Å².